The van der Waals surface area contributed by atoms with Crippen LogP contribution in [0.1, 0.15) is 39.5 Å². The first-order valence-corrected chi connectivity index (χ1v) is 13.8. The highest BCUT2D eigenvalue weighted by atomic mass is 16.5. The van der Waals surface area contributed by atoms with Gasteiger partial charge in [0.25, 0.3) is 5.91 Å². The molecule has 2 unspecified atom stereocenters. The Bertz CT molecular complexity index is 1110. The lowest BCUT2D eigenvalue weighted by atomic mass is 9.66. The molecule has 2 bridgehead atoms. The predicted molar refractivity (Wildman–Crippen MR) is 148 cm³/mol. The lowest BCUT2D eigenvalue weighted by molar-refractivity contribution is -0.149. The topological polar surface area (TPSA) is 99.6 Å². The summed E-state index contributed by atoms with van der Waals surface area (Å²) in [7, 11) is 1.58. The van der Waals surface area contributed by atoms with Gasteiger partial charge in [0.2, 0.25) is 11.8 Å². The van der Waals surface area contributed by atoms with Crippen LogP contribution in [0, 0.1) is 11.8 Å². The van der Waals surface area contributed by atoms with E-state index in [4.69, 9.17) is 9.47 Å². The molecule has 3 aliphatic rings. The van der Waals surface area contributed by atoms with E-state index in [0.29, 0.717) is 43.8 Å². The molecular weight excluding hydrogens is 498 g/mol. The van der Waals surface area contributed by atoms with Gasteiger partial charge >= 0.3 is 0 Å². The Labute approximate surface area is 231 Å². The summed E-state index contributed by atoms with van der Waals surface area (Å²) in [5.74, 6) is -1.50. The molecule has 212 valence electrons. The first-order valence-electron chi connectivity index (χ1n) is 13.8. The summed E-state index contributed by atoms with van der Waals surface area (Å²) >= 11 is 0. The SMILES string of the molecule is C=CCN(CCC)C(=O)[C@H]1[C@H]2C(=O)N(CCCO)C(C(=O)N(CC=C)c3ccc(OC)cc3)C23CC[C@]1(C)O3. The Morgan fingerprint density at radius 1 is 1.18 bits per heavy atom. The average molecular weight is 540 g/mol. The molecule has 3 saturated heterocycles. The van der Waals surface area contributed by atoms with Gasteiger partial charge in [0.15, 0.2) is 0 Å². The quantitative estimate of drug-likeness (QED) is 0.387. The lowest BCUT2D eigenvalue weighted by Crippen LogP contribution is -2.56. The van der Waals surface area contributed by atoms with Crippen molar-refractivity contribution in [1.82, 2.24) is 9.80 Å². The van der Waals surface area contributed by atoms with E-state index in [-0.39, 0.29) is 37.4 Å². The summed E-state index contributed by atoms with van der Waals surface area (Å²) in [6.45, 7) is 12.8. The Morgan fingerprint density at radius 2 is 1.87 bits per heavy atom. The molecule has 39 heavy (non-hydrogen) atoms. The number of hydrogen-bond donors (Lipinski definition) is 1. The summed E-state index contributed by atoms with van der Waals surface area (Å²) in [5.41, 5.74) is -1.34. The molecule has 0 saturated carbocycles. The first kappa shape index (κ1) is 28.8. The van der Waals surface area contributed by atoms with Crippen molar-refractivity contribution >= 4 is 23.4 Å². The van der Waals surface area contributed by atoms with E-state index in [1.54, 1.807) is 58.2 Å². The molecule has 3 amide bonds. The third-order valence-electron chi connectivity index (χ3n) is 8.45. The number of likely N-dealkylation sites (tertiary alicyclic amines) is 1. The second kappa shape index (κ2) is 11.5. The van der Waals surface area contributed by atoms with Crippen LogP contribution in [0.3, 0.4) is 0 Å². The molecule has 3 heterocycles. The zero-order valence-electron chi connectivity index (χ0n) is 23.3. The van der Waals surface area contributed by atoms with Gasteiger partial charge in [-0.1, -0.05) is 19.1 Å². The van der Waals surface area contributed by atoms with Crippen LogP contribution in [0.5, 0.6) is 5.75 Å². The Hall–Kier alpha value is -3.17. The summed E-state index contributed by atoms with van der Waals surface area (Å²) in [6.07, 6.45) is 5.49. The van der Waals surface area contributed by atoms with Crippen LogP contribution < -0.4 is 9.64 Å². The van der Waals surface area contributed by atoms with Crippen molar-refractivity contribution in [2.75, 3.05) is 44.8 Å². The number of fused-ring (bicyclic) bond motifs is 1. The molecule has 3 fully saturated rings. The lowest BCUT2D eigenvalue weighted by Gasteiger charge is -2.37. The Morgan fingerprint density at radius 3 is 2.46 bits per heavy atom. The van der Waals surface area contributed by atoms with Crippen LogP contribution in [-0.4, -0.2) is 89.8 Å². The zero-order valence-corrected chi connectivity index (χ0v) is 23.3. The maximum absolute atomic E-state index is 14.5. The van der Waals surface area contributed by atoms with E-state index in [1.165, 1.54) is 0 Å². The largest absolute Gasteiger partial charge is 0.497 e. The van der Waals surface area contributed by atoms with E-state index >= 15 is 0 Å². The third kappa shape index (κ3) is 4.76. The molecule has 0 aliphatic carbocycles. The monoisotopic (exact) mass is 539 g/mol. The van der Waals surface area contributed by atoms with Gasteiger partial charge < -0.3 is 29.3 Å². The van der Waals surface area contributed by atoms with Gasteiger partial charge in [0, 0.05) is 38.5 Å². The number of benzene rings is 1. The number of rotatable bonds is 13. The molecule has 1 spiro atoms. The highest BCUT2D eigenvalue weighted by Crippen LogP contribution is 2.63. The van der Waals surface area contributed by atoms with Crippen LogP contribution in [0.15, 0.2) is 49.6 Å². The number of hydrogen-bond acceptors (Lipinski definition) is 6. The van der Waals surface area contributed by atoms with Gasteiger partial charge in [-0.3, -0.25) is 14.4 Å². The van der Waals surface area contributed by atoms with E-state index < -0.39 is 29.1 Å². The van der Waals surface area contributed by atoms with Crippen LogP contribution in [-0.2, 0) is 19.1 Å². The fraction of sp³-hybridized carbons (Fsp3) is 0.567. The maximum atomic E-state index is 14.5. The second-order valence-corrected chi connectivity index (χ2v) is 10.8. The minimum absolute atomic E-state index is 0.123. The molecule has 0 radical (unpaired) electrons. The minimum atomic E-state index is -1.13. The number of aliphatic hydroxyl groups excluding tert-OH is 1. The van der Waals surface area contributed by atoms with Crippen molar-refractivity contribution in [2.24, 2.45) is 11.8 Å². The molecule has 4 rings (SSSR count). The highest BCUT2D eigenvalue weighted by Gasteiger charge is 2.78. The molecule has 1 N–H and O–H groups in total. The van der Waals surface area contributed by atoms with Crippen molar-refractivity contribution in [3.8, 4) is 5.75 Å². The molecule has 0 aromatic heterocycles. The van der Waals surface area contributed by atoms with Crippen LogP contribution in [0.25, 0.3) is 0 Å². The highest BCUT2D eigenvalue weighted by molar-refractivity contribution is 6.05. The van der Waals surface area contributed by atoms with Crippen molar-refractivity contribution in [3.05, 3.63) is 49.6 Å². The van der Waals surface area contributed by atoms with Crippen LogP contribution in [0.2, 0.25) is 0 Å². The van der Waals surface area contributed by atoms with E-state index in [9.17, 15) is 19.5 Å². The van der Waals surface area contributed by atoms with Crippen molar-refractivity contribution in [2.45, 2.75) is 56.8 Å². The number of methoxy groups -OCH3 is 1. The van der Waals surface area contributed by atoms with Gasteiger partial charge in [-0.25, -0.2) is 0 Å². The smallest absolute Gasteiger partial charge is 0.253 e. The maximum Gasteiger partial charge on any atom is 0.253 e. The number of anilines is 1. The number of carbonyl (C=O) groups is 3. The number of aliphatic hydroxyl groups is 1. The molecule has 1 aromatic rings. The standard InChI is InChI=1S/C30H41N3O6/c1-6-16-31(17-7-2)26(35)23-24-27(36)33(19-9-20-34)25(30(24)15-14-29(23,4)39-30)28(37)32(18-8-3)21-10-12-22(38-5)13-11-21/h6,8,10-13,23-25,34H,1,3,7,9,14-20H2,2,4-5H3/t23-,24+,25?,29+,30?/m1/s1. The van der Waals surface area contributed by atoms with Crippen LogP contribution in [0.4, 0.5) is 5.69 Å². The summed E-state index contributed by atoms with van der Waals surface area (Å²) < 4.78 is 12.0. The molecule has 3 aliphatic heterocycles. The molecule has 9 heteroatoms. The van der Waals surface area contributed by atoms with E-state index in [1.807, 2.05) is 13.8 Å². The van der Waals surface area contributed by atoms with Gasteiger partial charge in [-0.2, -0.15) is 0 Å². The van der Waals surface area contributed by atoms with Crippen molar-refractivity contribution in [1.29, 1.82) is 0 Å². The third-order valence-corrected chi connectivity index (χ3v) is 8.45. The first-order chi connectivity index (χ1) is 18.7. The van der Waals surface area contributed by atoms with Crippen LogP contribution >= 0.6 is 0 Å². The summed E-state index contributed by atoms with van der Waals surface area (Å²) in [6, 6.07) is 6.21. The number of ether oxygens (including phenoxy) is 2. The van der Waals surface area contributed by atoms with Gasteiger partial charge in [0.05, 0.1) is 24.5 Å². The normalized spacial score (nSPS) is 28.8. The summed E-state index contributed by atoms with van der Waals surface area (Å²) in [5, 5.41) is 9.60. The number of amides is 3. The molecular formula is C30H41N3O6. The summed E-state index contributed by atoms with van der Waals surface area (Å²) in [4.78, 5) is 47.5. The van der Waals surface area contributed by atoms with Gasteiger partial charge in [-0.05, 0) is 56.9 Å². The Kier molecular flexibility index (Phi) is 8.51. The molecule has 9 nitrogen and oxygen atoms in total. The van der Waals surface area contributed by atoms with E-state index in [0.717, 1.165) is 6.42 Å². The predicted octanol–water partition coefficient (Wildman–Crippen LogP) is 2.79. The van der Waals surface area contributed by atoms with Gasteiger partial charge in [-0.15, -0.1) is 13.2 Å². The minimum Gasteiger partial charge on any atom is -0.497 e. The number of nitrogens with zero attached hydrogens (tertiary/aromatic N) is 3. The second-order valence-electron chi connectivity index (χ2n) is 10.8. The zero-order chi connectivity index (χ0) is 28.4. The Balaban J connectivity index is 1.77. The van der Waals surface area contributed by atoms with E-state index in [2.05, 4.69) is 13.2 Å². The van der Waals surface area contributed by atoms with Crippen molar-refractivity contribution < 1.29 is 29.0 Å². The average Bonchev–Trinajstić information content (AvgIpc) is 3.50. The fourth-order valence-electron chi connectivity index (χ4n) is 6.84. The van der Waals surface area contributed by atoms with Crippen molar-refractivity contribution in [3.63, 3.8) is 0 Å². The molecule has 5 atom stereocenters. The molecule has 1 aromatic carbocycles. The van der Waals surface area contributed by atoms with Gasteiger partial charge in [0.1, 0.15) is 17.4 Å². The number of carbonyl (C=O) groups excluding carboxylic acids is 3. The fourth-order valence-corrected chi connectivity index (χ4v) is 6.84.